The first kappa shape index (κ1) is 20.0. The highest BCUT2D eigenvalue weighted by Crippen LogP contribution is 2.32. The summed E-state index contributed by atoms with van der Waals surface area (Å²) in [5, 5.41) is 2.71. The minimum absolute atomic E-state index is 0.250. The molecule has 24 heavy (non-hydrogen) atoms. The predicted molar refractivity (Wildman–Crippen MR) is 93.9 cm³/mol. The molecule has 5 nitrogen and oxygen atoms in total. The number of nitrogens with one attached hydrogen (secondary N) is 1. The van der Waals surface area contributed by atoms with Crippen LogP contribution in [0.4, 0.5) is 4.79 Å². The zero-order chi connectivity index (χ0) is 18.4. The van der Waals surface area contributed by atoms with Crippen molar-refractivity contribution in [1.82, 2.24) is 5.32 Å². The molecule has 1 aromatic carbocycles. The maximum Gasteiger partial charge on any atom is 0.408 e. The number of benzene rings is 1. The highest BCUT2D eigenvalue weighted by atomic mass is 16.6. The number of alkyl carbamates (subject to hydrolysis) is 1. The fraction of sp³-hybridized carbons (Fsp3) is 0.579. The number of hydrogen-bond donors (Lipinski definition) is 1. The van der Waals surface area contributed by atoms with Gasteiger partial charge in [-0.05, 0) is 39.7 Å². The normalized spacial score (nSPS) is 15.1. The highest BCUT2D eigenvalue weighted by Gasteiger charge is 2.42. The van der Waals surface area contributed by atoms with Crippen LogP contribution in [0.3, 0.4) is 0 Å². The first-order valence-corrected chi connectivity index (χ1v) is 8.35. The van der Waals surface area contributed by atoms with Gasteiger partial charge in [0.15, 0.2) is 0 Å². The lowest BCUT2D eigenvalue weighted by molar-refractivity contribution is -0.147. The Balaban J connectivity index is 3.16. The van der Waals surface area contributed by atoms with Crippen LogP contribution in [-0.4, -0.2) is 30.3 Å². The summed E-state index contributed by atoms with van der Waals surface area (Å²) in [5.41, 5.74) is -0.287. The molecule has 0 saturated carbocycles. The van der Waals surface area contributed by atoms with Crippen molar-refractivity contribution in [1.29, 1.82) is 0 Å². The van der Waals surface area contributed by atoms with E-state index in [1.807, 2.05) is 44.2 Å². The number of carbonyl (C=O) groups excluding carboxylic acids is 2. The molecule has 1 rings (SSSR count). The van der Waals surface area contributed by atoms with Gasteiger partial charge < -0.3 is 14.8 Å². The third kappa shape index (κ3) is 5.25. The second-order valence-electron chi connectivity index (χ2n) is 6.97. The number of ether oxygens (including phenoxy) is 2. The molecular formula is C19H29NO4. The van der Waals surface area contributed by atoms with Crippen molar-refractivity contribution < 1.29 is 19.1 Å². The topological polar surface area (TPSA) is 64.6 Å². The zero-order valence-electron chi connectivity index (χ0n) is 15.5. The minimum atomic E-state index is -0.834. The molecule has 1 N–H and O–H groups in total. The van der Waals surface area contributed by atoms with Crippen molar-refractivity contribution in [3.05, 3.63) is 35.9 Å². The molecule has 0 aromatic heterocycles. The van der Waals surface area contributed by atoms with Crippen LogP contribution in [0.1, 0.15) is 53.5 Å². The van der Waals surface area contributed by atoms with Crippen molar-refractivity contribution in [2.75, 3.05) is 6.61 Å². The van der Waals surface area contributed by atoms with E-state index in [1.54, 1.807) is 27.7 Å². The summed E-state index contributed by atoms with van der Waals surface area (Å²) in [7, 11) is 0. The van der Waals surface area contributed by atoms with Gasteiger partial charge in [0.1, 0.15) is 11.6 Å². The Labute approximate surface area is 144 Å². The van der Waals surface area contributed by atoms with E-state index in [2.05, 4.69) is 5.32 Å². The Kier molecular flexibility index (Phi) is 6.81. The number of carbonyl (C=O) groups is 2. The van der Waals surface area contributed by atoms with Gasteiger partial charge in [-0.3, -0.25) is 0 Å². The smallest absolute Gasteiger partial charge is 0.408 e. The second-order valence-corrected chi connectivity index (χ2v) is 6.97. The summed E-state index contributed by atoms with van der Waals surface area (Å²) >= 11 is 0. The second kappa shape index (κ2) is 8.18. The lowest BCUT2D eigenvalue weighted by atomic mass is 9.73. The molecule has 0 bridgehead atoms. The van der Waals surface area contributed by atoms with Gasteiger partial charge in [0, 0.05) is 5.41 Å². The van der Waals surface area contributed by atoms with E-state index in [1.165, 1.54) is 0 Å². The van der Waals surface area contributed by atoms with Gasteiger partial charge in [0.25, 0.3) is 0 Å². The molecule has 2 atom stereocenters. The summed E-state index contributed by atoms with van der Waals surface area (Å²) in [4.78, 5) is 24.8. The van der Waals surface area contributed by atoms with E-state index in [9.17, 15) is 9.59 Å². The molecule has 1 aromatic rings. The van der Waals surface area contributed by atoms with Crippen molar-refractivity contribution in [2.45, 2.75) is 65.0 Å². The van der Waals surface area contributed by atoms with Gasteiger partial charge >= 0.3 is 12.1 Å². The predicted octanol–water partition coefficient (Wildman–Crippen LogP) is 3.81. The van der Waals surface area contributed by atoms with E-state index in [-0.39, 0.29) is 6.61 Å². The Morgan fingerprint density at radius 2 is 1.67 bits per heavy atom. The molecule has 0 fully saturated rings. The highest BCUT2D eigenvalue weighted by molar-refractivity contribution is 5.83. The zero-order valence-corrected chi connectivity index (χ0v) is 15.5. The molecule has 0 aliphatic carbocycles. The minimum Gasteiger partial charge on any atom is -0.464 e. The Hall–Kier alpha value is -2.04. The number of esters is 1. The molecule has 134 valence electrons. The van der Waals surface area contributed by atoms with E-state index >= 15 is 0 Å². The summed E-state index contributed by atoms with van der Waals surface area (Å²) < 4.78 is 10.5. The van der Waals surface area contributed by atoms with Gasteiger partial charge in [-0.1, -0.05) is 44.2 Å². The Bertz CT molecular complexity index is 550. The molecule has 0 heterocycles. The van der Waals surface area contributed by atoms with Crippen molar-refractivity contribution in [3.63, 3.8) is 0 Å². The molecule has 1 amide bonds. The van der Waals surface area contributed by atoms with E-state index in [0.29, 0.717) is 6.42 Å². The molecule has 0 aliphatic heterocycles. The van der Waals surface area contributed by atoms with Crippen molar-refractivity contribution in [2.24, 2.45) is 0 Å². The number of hydrogen-bond acceptors (Lipinski definition) is 4. The van der Waals surface area contributed by atoms with Gasteiger partial charge in [0.2, 0.25) is 0 Å². The summed E-state index contributed by atoms with van der Waals surface area (Å²) in [5.74, 6) is -0.462. The molecule has 0 spiro atoms. The molecule has 0 aliphatic rings. The molecule has 0 radical (unpaired) electrons. The monoisotopic (exact) mass is 335 g/mol. The lowest BCUT2D eigenvalue weighted by Gasteiger charge is -2.36. The van der Waals surface area contributed by atoms with Crippen molar-refractivity contribution in [3.8, 4) is 0 Å². The fourth-order valence-corrected chi connectivity index (χ4v) is 2.52. The van der Waals surface area contributed by atoms with E-state index < -0.39 is 29.1 Å². The average molecular weight is 335 g/mol. The summed E-state index contributed by atoms with van der Waals surface area (Å²) in [6.07, 6.45) is 0.0205. The summed E-state index contributed by atoms with van der Waals surface area (Å²) in [6.45, 7) is 11.3. The maximum atomic E-state index is 12.5. The third-order valence-corrected chi connectivity index (χ3v) is 3.99. The van der Waals surface area contributed by atoms with Crippen LogP contribution in [0.5, 0.6) is 0 Å². The Morgan fingerprint density at radius 1 is 1.08 bits per heavy atom. The van der Waals surface area contributed by atoms with Crippen LogP contribution in [0.25, 0.3) is 0 Å². The number of amides is 1. The molecule has 2 unspecified atom stereocenters. The SMILES string of the molecule is CCOC(=O)C(NC(=O)OC(C)(C)C)C(C)(CC)c1ccccc1. The van der Waals surface area contributed by atoms with Crippen LogP contribution < -0.4 is 5.32 Å². The average Bonchev–Trinajstić information content (AvgIpc) is 2.51. The van der Waals surface area contributed by atoms with Gasteiger partial charge in [0.05, 0.1) is 6.61 Å². The van der Waals surface area contributed by atoms with Gasteiger partial charge in [-0.2, -0.15) is 0 Å². The standard InChI is InChI=1S/C19H29NO4/c1-7-19(6,14-12-10-9-11-13-14)15(16(21)23-8-2)20-17(22)24-18(3,4)5/h9-13,15H,7-8H2,1-6H3,(H,20,22). The molecule has 5 heteroatoms. The Morgan fingerprint density at radius 3 is 2.12 bits per heavy atom. The van der Waals surface area contributed by atoms with Crippen LogP contribution in [0.15, 0.2) is 30.3 Å². The summed E-state index contributed by atoms with van der Waals surface area (Å²) in [6, 6.07) is 8.82. The lowest BCUT2D eigenvalue weighted by Crippen LogP contribution is -2.55. The van der Waals surface area contributed by atoms with Crippen LogP contribution in [0.2, 0.25) is 0 Å². The van der Waals surface area contributed by atoms with E-state index in [4.69, 9.17) is 9.47 Å². The molecule has 0 saturated heterocycles. The van der Waals surface area contributed by atoms with E-state index in [0.717, 1.165) is 5.56 Å². The largest absolute Gasteiger partial charge is 0.464 e. The maximum absolute atomic E-state index is 12.5. The van der Waals surface area contributed by atoms with Crippen LogP contribution in [0, 0.1) is 0 Å². The third-order valence-electron chi connectivity index (χ3n) is 3.99. The first-order valence-electron chi connectivity index (χ1n) is 8.35. The van der Waals surface area contributed by atoms with Crippen molar-refractivity contribution >= 4 is 12.1 Å². The molecular weight excluding hydrogens is 306 g/mol. The quantitative estimate of drug-likeness (QED) is 0.803. The number of rotatable bonds is 6. The fourth-order valence-electron chi connectivity index (χ4n) is 2.52. The van der Waals surface area contributed by atoms with Crippen LogP contribution >= 0.6 is 0 Å². The van der Waals surface area contributed by atoms with Gasteiger partial charge in [-0.15, -0.1) is 0 Å². The van der Waals surface area contributed by atoms with Crippen LogP contribution in [-0.2, 0) is 19.7 Å². The van der Waals surface area contributed by atoms with Gasteiger partial charge in [-0.25, -0.2) is 9.59 Å². The first-order chi connectivity index (χ1) is 11.1.